The number of nitrogens with one attached hydrogen (secondary N) is 1. The van der Waals surface area contributed by atoms with Gasteiger partial charge in [0.15, 0.2) is 0 Å². The van der Waals surface area contributed by atoms with Crippen molar-refractivity contribution in [3.63, 3.8) is 0 Å². The Hall–Kier alpha value is -1.07. The molecule has 0 bridgehead atoms. The van der Waals surface area contributed by atoms with Gasteiger partial charge in [0.1, 0.15) is 5.82 Å². The van der Waals surface area contributed by atoms with Crippen molar-refractivity contribution < 1.29 is 14.3 Å². The van der Waals surface area contributed by atoms with E-state index in [1.165, 1.54) is 23.9 Å². The molecule has 1 rings (SSSR count). The number of hydrogen-bond donors (Lipinski definition) is 2. The maximum absolute atomic E-state index is 13.5. The fourth-order valence-corrected chi connectivity index (χ4v) is 2.46. The monoisotopic (exact) mass is 313 g/mol. The number of aliphatic hydroxyl groups excluding tert-OH is 1. The number of hydrogen-bond acceptors (Lipinski definition) is 3. The normalized spacial score (nSPS) is 11.5. The number of rotatable bonds is 8. The topological polar surface area (TPSA) is 49.3 Å². The summed E-state index contributed by atoms with van der Waals surface area (Å²) in [5.74, 6) is 0.0993. The van der Waals surface area contributed by atoms with Gasteiger partial charge in [-0.3, -0.25) is 4.79 Å². The molecule has 0 unspecified atom stereocenters. The Bertz CT molecular complexity index is 477. The summed E-state index contributed by atoms with van der Waals surface area (Å²) < 4.78 is 13.5. The summed E-state index contributed by atoms with van der Waals surface area (Å²) in [5, 5.41) is 12.0. The van der Waals surface area contributed by atoms with Gasteiger partial charge in [0.2, 0.25) is 0 Å². The zero-order valence-corrected chi connectivity index (χ0v) is 13.7. The van der Waals surface area contributed by atoms with E-state index in [1.54, 1.807) is 6.07 Å². The molecular formula is C16H24FNO2S. The van der Waals surface area contributed by atoms with E-state index in [0.717, 1.165) is 12.8 Å². The van der Waals surface area contributed by atoms with Crippen molar-refractivity contribution in [2.45, 2.75) is 32.4 Å². The predicted octanol–water partition coefficient (Wildman–Crippen LogP) is 3.22. The Morgan fingerprint density at radius 1 is 1.43 bits per heavy atom. The molecule has 0 aliphatic rings. The molecule has 0 aliphatic carbocycles. The van der Waals surface area contributed by atoms with Crippen molar-refractivity contribution in [2.75, 3.05) is 19.4 Å². The van der Waals surface area contributed by atoms with E-state index in [9.17, 15) is 9.18 Å². The Kier molecular flexibility index (Phi) is 7.18. The highest BCUT2D eigenvalue weighted by Crippen LogP contribution is 2.20. The molecule has 1 aromatic rings. The zero-order valence-electron chi connectivity index (χ0n) is 12.9. The van der Waals surface area contributed by atoms with Crippen molar-refractivity contribution in [3.05, 3.63) is 35.1 Å². The first-order valence-corrected chi connectivity index (χ1v) is 8.45. The molecule has 0 aliphatic heterocycles. The molecule has 0 spiro atoms. The number of halogens is 1. The van der Waals surface area contributed by atoms with E-state index in [-0.39, 0.29) is 23.7 Å². The molecular weight excluding hydrogens is 289 g/mol. The average Bonchev–Trinajstić information content (AvgIpc) is 2.46. The zero-order chi connectivity index (χ0) is 15.9. The van der Waals surface area contributed by atoms with E-state index in [1.807, 2.05) is 20.1 Å². The lowest BCUT2D eigenvalue weighted by Gasteiger charge is -2.21. The summed E-state index contributed by atoms with van der Waals surface area (Å²) in [6.07, 6.45) is 3.54. The van der Waals surface area contributed by atoms with Crippen LogP contribution < -0.4 is 5.32 Å². The molecule has 1 amide bonds. The first-order chi connectivity index (χ1) is 9.89. The van der Waals surface area contributed by atoms with Crippen LogP contribution >= 0.6 is 11.8 Å². The van der Waals surface area contributed by atoms with Gasteiger partial charge in [0.05, 0.1) is 0 Å². The lowest BCUT2D eigenvalue weighted by Crippen LogP contribution is -2.26. The number of thioether (sulfide) groups is 1. The fourth-order valence-electron chi connectivity index (χ4n) is 1.93. The highest BCUT2D eigenvalue weighted by Gasteiger charge is 2.16. The number of aliphatic hydroxyl groups is 1. The lowest BCUT2D eigenvalue weighted by molar-refractivity contribution is 0.0948. The molecule has 0 radical (unpaired) electrons. The van der Waals surface area contributed by atoms with Crippen LogP contribution in [0.5, 0.6) is 0 Å². The standard InChI is InChI=1S/C16H24FNO2S/c1-16(2,11-19)7-4-8-18-15(20)12-5-6-14(17)13(9-12)10-21-3/h5-6,9,19H,4,7-8,10-11H2,1-3H3,(H,18,20). The van der Waals surface area contributed by atoms with Gasteiger partial charge in [-0.05, 0) is 48.3 Å². The third-order valence-electron chi connectivity index (χ3n) is 3.35. The molecule has 0 heterocycles. The largest absolute Gasteiger partial charge is 0.396 e. The molecule has 21 heavy (non-hydrogen) atoms. The quantitative estimate of drug-likeness (QED) is 0.725. The third-order valence-corrected chi connectivity index (χ3v) is 3.95. The first-order valence-electron chi connectivity index (χ1n) is 7.06. The molecule has 0 atom stereocenters. The second kappa shape index (κ2) is 8.39. The molecule has 2 N–H and O–H groups in total. The van der Waals surface area contributed by atoms with Crippen molar-refractivity contribution in [1.29, 1.82) is 0 Å². The van der Waals surface area contributed by atoms with Crippen LogP contribution in [-0.2, 0) is 5.75 Å². The summed E-state index contributed by atoms with van der Waals surface area (Å²) in [6, 6.07) is 4.46. The first kappa shape index (κ1) is 18.0. The summed E-state index contributed by atoms with van der Waals surface area (Å²) in [7, 11) is 0. The summed E-state index contributed by atoms with van der Waals surface area (Å²) in [4.78, 5) is 12.0. The van der Waals surface area contributed by atoms with E-state index in [2.05, 4.69) is 5.32 Å². The van der Waals surface area contributed by atoms with E-state index >= 15 is 0 Å². The molecule has 5 heteroatoms. The molecule has 3 nitrogen and oxygen atoms in total. The Balaban J connectivity index is 2.51. The summed E-state index contributed by atoms with van der Waals surface area (Å²) in [6.45, 7) is 4.67. The van der Waals surface area contributed by atoms with Gasteiger partial charge >= 0.3 is 0 Å². The smallest absolute Gasteiger partial charge is 0.251 e. The molecule has 1 aromatic carbocycles. The molecule has 118 valence electrons. The van der Waals surface area contributed by atoms with E-state index < -0.39 is 0 Å². The van der Waals surface area contributed by atoms with Gasteiger partial charge in [-0.25, -0.2) is 4.39 Å². The van der Waals surface area contributed by atoms with Crippen LogP contribution in [0.1, 0.15) is 42.6 Å². The number of benzene rings is 1. The second-order valence-corrected chi connectivity index (χ2v) is 6.79. The number of amides is 1. The number of carbonyl (C=O) groups excluding carboxylic acids is 1. The average molecular weight is 313 g/mol. The van der Waals surface area contributed by atoms with Gasteiger partial charge in [0, 0.05) is 24.5 Å². The van der Waals surface area contributed by atoms with Gasteiger partial charge in [-0.15, -0.1) is 0 Å². The van der Waals surface area contributed by atoms with Gasteiger partial charge in [0.25, 0.3) is 5.91 Å². The Morgan fingerprint density at radius 2 is 2.14 bits per heavy atom. The molecule has 0 aromatic heterocycles. The fraction of sp³-hybridized carbons (Fsp3) is 0.562. The van der Waals surface area contributed by atoms with Crippen LogP contribution in [0, 0.1) is 11.2 Å². The van der Waals surface area contributed by atoms with Crippen LogP contribution in [0.15, 0.2) is 18.2 Å². The van der Waals surface area contributed by atoms with Crippen LogP contribution in [0.2, 0.25) is 0 Å². The van der Waals surface area contributed by atoms with Crippen LogP contribution in [0.4, 0.5) is 4.39 Å². The van der Waals surface area contributed by atoms with E-state index in [4.69, 9.17) is 5.11 Å². The minimum Gasteiger partial charge on any atom is -0.396 e. The van der Waals surface area contributed by atoms with E-state index in [0.29, 0.717) is 23.4 Å². The van der Waals surface area contributed by atoms with Crippen molar-refractivity contribution >= 4 is 17.7 Å². The summed E-state index contributed by atoms with van der Waals surface area (Å²) >= 11 is 1.52. The van der Waals surface area contributed by atoms with Crippen molar-refractivity contribution in [2.24, 2.45) is 5.41 Å². The van der Waals surface area contributed by atoms with Crippen LogP contribution in [0.3, 0.4) is 0 Å². The number of carbonyl (C=O) groups is 1. The Morgan fingerprint density at radius 3 is 2.76 bits per heavy atom. The lowest BCUT2D eigenvalue weighted by atomic mass is 9.89. The van der Waals surface area contributed by atoms with Gasteiger partial charge < -0.3 is 10.4 Å². The maximum atomic E-state index is 13.5. The van der Waals surface area contributed by atoms with Crippen molar-refractivity contribution in [1.82, 2.24) is 5.32 Å². The minimum atomic E-state index is -0.273. The third kappa shape index (κ3) is 6.06. The van der Waals surface area contributed by atoms with Gasteiger partial charge in [-0.2, -0.15) is 11.8 Å². The van der Waals surface area contributed by atoms with Crippen LogP contribution in [-0.4, -0.2) is 30.4 Å². The highest BCUT2D eigenvalue weighted by atomic mass is 32.2. The maximum Gasteiger partial charge on any atom is 0.251 e. The molecule has 0 fully saturated rings. The molecule has 0 saturated heterocycles. The predicted molar refractivity (Wildman–Crippen MR) is 86.1 cm³/mol. The SMILES string of the molecule is CSCc1cc(C(=O)NCCCC(C)(C)CO)ccc1F. The minimum absolute atomic E-state index is 0.119. The van der Waals surface area contributed by atoms with Crippen LogP contribution in [0.25, 0.3) is 0 Å². The van der Waals surface area contributed by atoms with Crippen molar-refractivity contribution in [3.8, 4) is 0 Å². The Labute approximate surface area is 130 Å². The summed E-state index contributed by atoms with van der Waals surface area (Å²) in [5.41, 5.74) is 0.921. The highest BCUT2D eigenvalue weighted by molar-refractivity contribution is 7.97. The molecule has 0 saturated carbocycles. The second-order valence-electron chi connectivity index (χ2n) is 5.92. The van der Waals surface area contributed by atoms with Gasteiger partial charge in [-0.1, -0.05) is 13.8 Å².